The van der Waals surface area contributed by atoms with Crippen LogP contribution < -0.4 is 10.1 Å². The standard InChI is InChI=1S/C11H16NO2Si/c1-8-5-10-9(12(13)7-8)6-11(14-10)15(2,3)4/h5-7,13H,1-4H3/q+1. The summed E-state index contributed by atoms with van der Waals surface area (Å²) >= 11 is 0. The summed E-state index contributed by atoms with van der Waals surface area (Å²) in [6, 6.07) is 3.90. The molecule has 1 N–H and O–H groups in total. The number of aromatic nitrogens is 1. The number of fused-ring (bicyclic) bond motifs is 1. The zero-order chi connectivity index (χ0) is 11.2. The van der Waals surface area contributed by atoms with E-state index >= 15 is 0 Å². The molecule has 3 nitrogen and oxygen atoms in total. The second-order valence-corrected chi connectivity index (χ2v) is 9.96. The van der Waals surface area contributed by atoms with Gasteiger partial charge in [0, 0.05) is 10.3 Å². The van der Waals surface area contributed by atoms with Crippen molar-refractivity contribution in [3.8, 4) is 0 Å². The molecule has 2 rings (SSSR count). The molecule has 0 aliphatic heterocycles. The number of nitrogens with zero attached hydrogens (tertiary/aromatic N) is 1. The van der Waals surface area contributed by atoms with Gasteiger partial charge in [-0.05, 0) is 13.0 Å². The Morgan fingerprint density at radius 2 is 1.93 bits per heavy atom. The van der Waals surface area contributed by atoms with Gasteiger partial charge >= 0.3 is 5.52 Å². The van der Waals surface area contributed by atoms with Gasteiger partial charge in [-0.25, -0.2) is 0 Å². The summed E-state index contributed by atoms with van der Waals surface area (Å²) in [5.41, 5.74) is 2.49. The van der Waals surface area contributed by atoms with E-state index in [0.717, 1.165) is 26.8 Å². The highest BCUT2D eigenvalue weighted by Gasteiger charge is 2.25. The summed E-state index contributed by atoms with van der Waals surface area (Å²) in [7, 11) is -1.45. The van der Waals surface area contributed by atoms with Crippen LogP contribution >= 0.6 is 0 Å². The Balaban J connectivity index is 2.71. The second-order valence-electron chi connectivity index (χ2n) is 4.97. The van der Waals surface area contributed by atoms with E-state index in [2.05, 4.69) is 19.6 Å². The number of hydrogen-bond donors (Lipinski definition) is 1. The number of rotatable bonds is 1. The van der Waals surface area contributed by atoms with E-state index in [0.29, 0.717) is 0 Å². The van der Waals surface area contributed by atoms with Crippen molar-refractivity contribution in [2.24, 2.45) is 0 Å². The highest BCUT2D eigenvalue weighted by atomic mass is 28.3. The van der Waals surface area contributed by atoms with Gasteiger partial charge < -0.3 is 4.42 Å². The van der Waals surface area contributed by atoms with Gasteiger partial charge in [-0.15, -0.1) is 0 Å². The van der Waals surface area contributed by atoms with E-state index in [4.69, 9.17) is 4.42 Å². The molecule has 0 amide bonds. The Morgan fingerprint density at radius 1 is 1.27 bits per heavy atom. The average molecular weight is 222 g/mol. The van der Waals surface area contributed by atoms with Crippen LogP contribution in [-0.4, -0.2) is 13.3 Å². The van der Waals surface area contributed by atoms with E-state index in [1.54, 1.807) is 6.20 Å². The van der Waals surface area contributed by atoms with E-state index in [-0.39, 0.29) is 0 Å². The van der Waals surface area contributed by atoms with Gasteiger partial charge in [-0.3, -0.25) is 5.21 Å². The van der Waals surface area contributed by atoms with Gasteiger partial charge in [-0.1, -0.05) is 19.6 Å². The fourth-order valence-corrected chi connectivity index (χ4v) is 2.54. The van der Waals surface area contributed by atoms with Gasteiger partial charge in [0.05, 0.1) is 11.4 Å². The van der Waals surface area contributed by atoms with Crippen LogP contribution in [0.3, 0.4) is 0 Å². The van der Waals surface area contributed by atoms with Crippen LogP contribution in [0.15, 0.2) is 22.7 Å². The van der Waals surface area contributed by atoms with Crippen molar-refractivity contribution in [1.82, 2.24) is 0 Å². The molecular weight excluding hydrogens is 206 g/mol. The summed E-state index contributed by atoms with van der Waals surface area (Å²) in [4.78, 5) is 0. The lowest BCUT2D eigenvalue weighted by molar-refractivity contribution is -0.884. The minimum Gasteiger partial charge on any atom is -0.459 e. The van der Waals surface area contributed by atoms with Crippen molar-refractivity contribution in [2.75, 3.05) is 0 Å². The van der Waals surface area contributed by atoms with Gasteiger partial charge in [0.25, 0.3) is 0 Å². The minimum atomic E-state index is -1.45. The molecule has 2 aromatic heterocycles. The lowest BCUT2D eigenvalue weighted by Crippen LogP contribution is -2.36. The molecule has 0 unspecified atom stereocenters. The molecule has 0 aromatic carbocycles. The van der Waals surface area contributed by atoms with Gasteiger partial charge in [-0.2, -0.15) is 0 Å². The Hall–Kier alpha value is -1.29. The largest absolute Gasteiger partial charge is 0.459 e. The lowest BCUT2D eigenvalue weighted by atomic mass is 10.3. The molecule has 2 heterocycles. The third-order valence-electron chi connectivity index (χ3n) is 2.41. The maximum Gasteiger partial charge on any atom is 0.302 e. The molecule has 80 valence electrons. The zero-order valence-corrected chi connectivity index (χ0v) is 10.5. The monoisotopic (exact) mass is 222 g/mol. The van der Waals surface area contributed by atoms with Crippen molar-refractivity contribution in [2.45, 2.75) is 26.6 Å². The first-order valence-corrected chi connectivity index (χ1v) is 8.53. The van der Waals surface area contributed by atoms with Crippen LogP contribution in [0.5, 0.6) is 0 Å². The van der Waals surface area contributed by atoms with Crippen molar-refractivity contribution in [1.29, 1.82) is 0 Å². The van der Waals surface area contributed by atoms with Crippen LogP contribution in [0.1, 0.15) is 5.56 Å². The number of hydrogen-bond acceptors (Lipinski definition) is 2. The topological polar surface area (TPSA) is 37.2 Å². The predicted octanol–water partition coefficient (Wildman–Crippen LogP) is 1.81. The first kappa shape index (κ1) is 10.2. The molecule has 0 aliphatic rings. The van der Waals surface area contributed by atoms with E-state index < -0.39 is 8.07 Å². The summed E-state index contributed by atoms with van der Waals surface area (Å²) in [6.07, 6.45) is 1.69. The van der Waals surface area contributed by atoms with E-state index in [1.807, 2.05) is 19.1 Å². The van der Waals surface area contributed by atoms with Crippen LogP contribution in [0.2, 0.25) is 19.6 Å². The quantitative estimate of drug-likeness (QED) is 0.454. The van der Waals surface area contributed by atoms with Gasteiger partial charge in [0.15, 0.2) is 0 Å². The molecule has 15 heavy (non-hydrogen) atoms. The third-order valence-corrected chi connectivity index (χ3v) is 4.14. The van der Waals surface area contributed by atoms with Crippen LogP contribution in [-0.2, 0) is 0 Å². The molecule has 0 bridgehead atoms. The van der Waals surface area contributed by atoms with Crippen molar-refractivity contribution in [3.05, 3.63) is 23.9 Å². The average Bonchev–Trinajstić information content (AvgIpc) is 2.46. The van der Waals surface area contributed by atoms with Crippen LogP contribution in [0, 0.1) is 6.92 Å². The first-order chi connectivity index (χ1) is 6.88. The Bertz CT molecular complexity index is 511. The van der Waals surface area contributed by atoms with Gasteiger partial charge in [0.1, 0.15) is 8.07 Å². The Labute approximate surface area is 89.9 Å². The normalized spacial score (nSPS) is 12.3. The summed E-state index contributed by atoms with van der Waals surface area (Å²) < 4.78 is 6.91. The minimum absolute atomic E-state index is 0.748. The molecule has 0 radical (unpaired) electrons. The van der Waals surface area contributed by atoms with Crippen molar-refractivity contribution >= 4 is 24.6 Å². The zero-order valence-electron chi connectivity index (χ0n) is 9.53. The lowest BCUT2D eigenvalue weighted by Gasteiger charge is -2.09. The number of aryl methyl sites for hydroxylation is 1. The van der Waals surface area contributed by atoms with E-state index in [9.17, 15) is 5.21 Å². The third kappa shape index (κ3) is 1.77. The molecule has 2 aromatic rings. The van der Waals surface area contributed by atoms with Gasteiger partial charge in [0.2, 0.25) is 11.8 Å². The second kappa shape index (κ2) is 3.10. The maximum atomic E-state index is 9.70. The summed E-state index contributed by atoms with van der Waals surface area (Å²) in [5.74, 6) is 0. The molecule has 0 saturated heterocycles. The first-order valence-electron chi connectivity index (χ1n) is 5.03. The molecule has 4 heteroatoms. The molecule has 0 atom stereocenters. The molecule has 0 saturated carbocycles. The number of furan rings is 1. The number of pyridine rings is 1. The Morgan fingerprint density at radius 3 is 2.53 bits per heavy atom. The summed E-state index contributed by atoms with van der Waals surface area (Å²) in [6.45, 7) is 8.60. The van der Waals surface area contributed by atoms with Crippen LogP contribution in [0.4, 0.5) is 0 Å². The fourth-order valence-electron chi connectivity index (χ4n) is 1.55. The molecule has 0 aliphatic carbocycles. The maximum absolute atomic E-state index is 9.70. The molecular formula is C11H16NO2Si+. The summed E-state index contributed by atoms with van der Waals surface area (Å²) in [5, 5.41) is 10.7. The molecule has 0 fully saturated rings. The van der Waals surface area contributed by atoms with Crippen molar-refractivity contribution < 1.29 is 14.4 Å². The smallest absolute Gasteiger partial charge is 0.302 e. The fraction of sp³-hybridized carbons (Fsp3) is 0.364. The predicted molar refractivity (Wildman–Crippen MR) is 61.3 cm³/mol. The Kier molecular flexibility index (Phi) is 2.11. The van der Waals surface area contributed by atoms with Crippen molar-refractivity contribution in [3.63, 3.8) is 0 Å². The highest BCUT2D eigenvalue weighted by Crippen LogP contribution is 2.14. The van der Waals surface area contributed by atoms with Crippen LogP contribution in [0.25, 0.3) is 11.1 Å². The molecule has 0 spiro atoms. The highest BCUT2D eigenvalue weighted by molar-refractivity contribution is 6.87. The van der Waals surface area contributed by atoms with E-state index in [1.165, 1.54) is 0 Å². The SMILES string of the molecule is Cc1cc2oc([Si](C)(C)C)cc2[n+](O)c1.